The molecule has 0 saturated carbocycles. The van der Waals surface area contributed by atoms with Gasteiger partial charge in [-0.25, -0.2) is 8.42 Å². The van der Waals surface area contributed by atoms with Crippen LogP contribution in [0.5, 0.6) is 0 Å². The van der Waals surface area contributed by atoms with Crippen LogP contribution in [0, 0.1) is 0 Å². The van der Waals surface area contributed by atoms with Crippen molar-refractivity contribution in [3.63, 3.8) is 0 Å². The largest absolute Gasteiger partial charge is 0.417 e. The van der Waals surface area contributed by atoms with Gasteiger partial charge in [0.05, 0.1) is 28.4 Å². The summed E-state index contributed by atoms with van der Waals surface area (Å²) in [6.45, 7) is 0.0481. The highest BCUT2D eigenvalue weighted by molar-refractivity contribution is 7.89. The van der Waals surface area contributed by atoms with Crippen LogP contribution in [0.1, 0.15) is 5.56 Å². The highest BCUT2D eigenvalue weighted by Gasteiger charge is 2.39. The molecule has 2 aromatic rings. The number of carbonyl (C=O) groups excluding carboxylic acids is 2. The number of nitrogens with zero attached hydrogens (tertiary/aromatic N) is 3. The summed E-state index contributed by atoms with van der Waals surface area (Å²) in [5.74, 6) is -0.641. The lowest BCUT2D eigenvalue weighted by atomic mass is 10.2. The summed E-state index contributed by atoms with van der Waals surface area (Å²) in [7, 11) is -4.36. The Hall–Kier alpha value is -2.96. The van der Waals surface area contributed by atoms with Gasteiger partial charge in [0.1, 0.15) is 6.54 Å². The van der Waals surface area contributed by atoms with E-state index in [1.165, 1.54) is 11.0 Å². The number of nitrogens with one attached hydrogen (secondary N) is 1. The molecule has 2 heterocycles. The van der Waals surface area contributed by atoms with Gasteiger partial charge in [0.25, 0.3) is 0 Å². The Morgan fingerprint density at radius 3 is 2.30 bits per heavy atom. The van der Waals surface area contributed by atoms with Crippen LogP contribution in [0.3, 0.4) is 0 Å². The molecular formula is C21H21F3N4O4S. The quantitative estimate of drug-likeness (QED) is 0.720. The maximum atomic E-state index is 13.3. The first-order chi connectivity index (χ1) is 15.6. The molecule has 1 N–H and O–H groups in total. The Labute approximate surface area is 188 Å². The number of rotatable bonds is 4. The van der Waals surface area contributed by atoms with E-state index in [9.17, 15) is 31.2 Å². The second-order valence-electron chi connectivity index (χ2n) is 7.72. The van der Waals surface area contributed by atoms with E-state index in [2.05, 4.69) is 5.32 Å². The minimum atomic E-state index is -4.80. The maximum absolute atomic E-state index is 13.3. The maximum Gasteiger partial charge on any atom is 0.417 e. The lowest BCUT2D eigenvalue weighted by Crippen LogP contribution is -2.53. The number of para-hydroxylation sites is 2. The van der Waals surface area contributed by atoms with Gasteiger partial charge in [0.15, 0.2) is 0 Å². The van der Waals surface area contributed by atoms with Crippen molar-refractivity contribution < 1.29 is 31.2 Å². The van der Waals surface area contributed by atoms with Crippen molar-refractivity contribution in [1.82, 2.24) is 9.21 Å². The monoisotopic (exact) mass is 482 g/mol. The van der Waals surface area contributed by atoms with Gasteiger partial charge in [-0.15, -0.1) is 0 Å². The van der Waals surface area contributed by atoms with E-state index >= 15 is 0 Å². The van der Waals surface area contributed by atoms with Gasteiger partial charge < -0.3 is 5.32 Å². The predicted octanol–water partition coefficient (Wildman–Crippen LogP) is 2.00. The number of hydrogen-bond acceptors (Lipinski definition) is 5. The van der Waals surface area contributed by atoms with E-state index in [0.717, 1.165) is 22.5 Å². The number of carbonyl (C=O) groups is 2. The van der Waals surface area contributed by atoms with Gasteiger partial charge in [-0.2, -0.15) is 17.5 Å². The van der Waals surface area contributed by atoms with E-state index in [-0.39, 0.29) is 51.1 Å². The van der Waals surface area contributed by atoms with Crippen molar-refractivity contribution in [3.8, 4) is 0 Å². The Morgan fingerprint density at radius 2 is 1.61 bits per heavy atom. The molecule has 2 aromatic carbocycles. The molecule has 2 aliphatic rings. The fraction of sp³-hybridized carbons (Fsp3) is 0.333. The van der Waals surface area contributed by atoms with Gasteiger partial charge in [-0.1, -0.05) is 24.3 Å². The fourth-order valence-corrected chi connectivity index (χ4v) is 5.56. The lowest BCUT2D eigenvalue weighted by molar-refractivity contribution is -0.140. The second-order valence-corrected chi connectivity index (χ2v) is 9.63. The molecule has 1 fully saturated rings. The average Bonchev–Trinajstić information content (AvgIpc) is 2.78. The average molecular weight is 482 g/mol. The topological polar surface area (TPSA) is 90.0 Å². The van der Waals surface area contributed by atoms with Crippen LogP contribution in [-0.2, 0) is 25.8 Å². The Morgan fingerprint density at radius 1 is 0.970 bits per heavy atom. The van der Waals surface area contributed by atoms with Crippen molar-refractivity contribution in [2.24, 2.45) is 0 Å². The number of sulfonamides is 1. The number of hydrogen-bond donors (Lipinski definition) is 1. The Kier molecular flexibility index (Phi) is 6.16. The van der Waals surface area contributed by atoms with Gasteiger partial charge in [0, 0.05) is 26.2 Å². The van der Waals surface area contributed by atoms with Crippen molar-refractivity contribution in [2.45, 2.75) is 11.1 Å². The molecule has 8 nitrogen and oxygen atoms in total. The van der Waals surface area contributed by atoms with Gasteiger partial charge >= 0.3 is 6.18 Å². The third kappa shape index (κ3) is 4.72. The molecule has 2 aliphatic heterocycles. The highest BCUT2D eigenvalue weighted by atomic mass is 32.2. The van der Waals surface area contributed by atoms with Crippen LogP contribution >= 0.6 is 0 Å². The summed E-state index contributed by atoms with van der Waals surface area (Å²) >= 11 is 0. The molecule has 2 amide bonds. The number of fused-ring (bicyclic) bond motifs is 1. The van der Waals surface area contributed by atoms with E-state index in [0.29, 0.717) is 11.4 Å². The Bertz CT molecular complexity index is 1180. The third-order valence-electron chi connectivity index (χ3n) is 5.57. The van der Waals surface area contributed by atoms with Crippen molar-refractivity contribution in [3.05, 3.63) is 54.1 Å². The molecule has 4 rings (SSSR count). The number of piperazine rings is 1. The molecule has 176 valence electrons. The van der Waals surface area contributed by atoms with Crippen LogP contribution < -0.4 is 10.2 Å². The number of benzene rings is 2. The second kappa shape index (κ2) is 8.76. The third-order valence-corrected chi connectivity index (χ3v) is 7.53. The number of anilines is 2. The summed E-state index contributed by atoms with van der Waals surface area (Å²) in [5.41, 5.74) is -0.0990. The number of amides is 2. The summed E-state index contributed by atoms with van der Waals surface area (Å²) in [5, 5.41) is 2.70. The predicted molar refractivity (Wildman–Crippen MR) is 114 cm³/mol. The number of halogens is 3. The zero-order valence-corrected chi connectivity index (χ0v) is 18.2. The highest BCUT2D eigenvalue weighted by Crippen LogP contribution is 2.35. The van der Waals surface area contributed by atoms with E-state index in [4.69, 9.17) is 0 Å². The summed E-state index contributed by atoms with van der Waals surface area (Å²) < 4.78 is 66.7. The van der Waals surface area contributed by atoms with E-state index < -0.39 is 26.7 Å². The van der Waals surface area contributed by atoms with Crippen LogP contribution in [0.25, 0.3) is 0 Å². The minimum Gasteiger partial charge on any atom is -0.323 e. The first-order valence-corrected chi connectivity index (χ1v) is 11.6. The summed E-state index contributed by atoms with van der Waals surface area (Å²) in [6, 6.07) is 11.0. The zero-order chi connectivity index (χ0) is 23.8. The molecule has 12 heteroatoms. The van der Waals surface area contributed by atoms with Crippen molar-refractivity contribution in [2.75, 3.05) is 49.5 Å². The fourth-order valence-electron chi connectivity index (χ4n) is 3.93. The van der Waals surface area contributed by atoms with Crippen molar-refractivity contribution >= 4 is 33.2 Å². The van der Waals surface area contributed by atoms with Crippen LogP contribution in [0.2, 0.25) is 0 Å². The zero-order valence-electron chi connectivity index (χ0n) is 17.4. The molecule has 33 heavy (non-hydrogen) atoms. The lowest BCUT2D eigenvalue weighted by Gasteiger charge is -2.36. The van der Waals surface area contributed by atoms with E-state index in [1.54, 1.807) is 29.2 Å². The standard InChI is InChI=1S/C21H21F3N4O4S/c22-21(23,24)15-5-1-4-8-18(15)33(31,32)27-11-9-26(10-12-27)14-20(30)28-13-19(29)25-16-6-2-3-7-17(16)28/h1-8H,9-14H2,(H,25,29). The van der Waals surface area contributed by atoms with Crippen LogP contribution in [-0.4, -0.2) is 68.7 Å². The molecule has 0 spiro atoms. The first-order valence-electron chi connectivity index (χ1n) is 10.2. The molecular weight excluding hydrogens is 461 g/mol. The molecule has 1 saturated heterocycles. The number of alkyl halides is 3. The SMILES string of the molecule is O=C1CN(C(=O)CN2CCN(S(=O)(=O)c3ccccc3C(F)(F)F)CC2)c2ccccc2N1. The molecule has 0 aromatic heterocycles. The molecule has 0 bridgehead atoms. The van der Waals surface area contributed by atoms with Gasteiger partial charge in [-0.05, 0) is 24.3 Å². The normalized spacial score (nSPS) is 18.0. The van der Waals surface area contributed by atoms with E-state index in [1.807, 2.05) is 0 Å². The summed E-state index contributed by atoms with van der Waals surface area (Å²) in [4.78, 5) is 27.1. The minimum absolute atomic E-state index is 0.0470. The molecule has 0 unspecified atom stereocenters. The summed E-state index contributed by atoms with van der Waals surface area (Å²) in [6.07, 6.45) is -4.80. The van der Waals surface area contributed by atoms with Gasteiger partial charge in [0.2, 0.25) is 21.8 Å². The van der Waals surface area contributed by atoms with Crippen LogP contribution in [0.4, 0.5) is 24.5 Å². The van der Waals surface area contributed by atoms with Crippen molar-refractivity contribution in [1.29, 1.82) is 0 Å². The molecule has 0 radical (unpaired) electrons. The molecule has 0 aliphatic carbocycles. The first kappa shape index (κ1) is 23.2. The molecule has 0 atom stereocenters. The smallest absolute Gasteiger partial charge is 0.323 e. The van der Waals surface area contributed by atoms with Gasteiger partial charge in [-0.3, -0.25) is 19.4 Å². The Balaban J connectivity index is 1.43. The van der Waals surface area contributed by atoms with Crippen LogP contribution in [0.15, 0.2) is 53.4 Å².